The fourth-order valence-electron chi connectivity index (χ4n) is 1.89. The molecule has 1 nitrogen and oxygen atoms in total. The second-order valence-corrected chi connectivity index (χ2v) is 9.10. The maximum atomic E-state index is 13.3. The van der Waals surface area contributed by atoms with E-state index in [1.807, 2.05) is 18.2 Å². The number of halogens is 1. The molecule has 0 saturated heterocycles. The Morgan fingerprint density at radius 2 is 2.06 bits per heavy atom. The smallest absolute Gasteiger partial charge is 0.191 e. The fourth-order valence-corrected chi connectivity index (χ4v) is 3.69. The van der Waals surface area contributed by atoms with Crippen LogP contribution in [0.2, 0.25) is 19.1 Å². The molecule has 0 heterocycles. The van der Waals surface area contributed by atoms with Crippen molar-refractivity contribution in [1.29, 1.82) is 0 Å². The summed E-state index contributed by atoms with van der Waals surface area (Å²) in [6, 6.07) is 7.48. The van der Waals surface area contributed by atoms with E-state index in [4.69, 9.17) is 4.43 Å². The molecule has 0 aliphatic carbocycles. The number of benzene rings is 1. The molecule has 1 aromatic carbocycles. The molecule has 1 aromatic rings. The molecule has 1 unspecified atom stereocenters. The summed E-state index contributed by atoms with van der Waals surface area (Å²) in [6.07, 6.45) is 4.29. The molecule has 3 heteroatoms. The van der Waals surface area contributed by atoms with Gasteiger partial charge in [0.1, 0.15) is 5.82 Å². The van der Waals surface area contributed by atoms with Crippen molar-refractivity contribution in [2.75, 3.05) is 0 Å². The van der Waals surface area contributed by atoms with E-state index in [-0.39, 0.29) is 11.9 Å². The van der Waals surface area contributed by atoms with E-state index in [2.05, 4.69) is 26.3 Å². The van der Waals surface area contributed by atoms with Gasteiger partial charge in [0.15, 0.2) is 8.32 Å². The lowest BCUT2D eigenvalue weighted by Crippen LogP contribution is -2.31. The molecule has 0 saturated carbocycles. The summed E-state index contributed by atoms with van der Waals surface area (Å²) in [5.41, 5.74) is 0.875. The van der Waals surface area contributed by atoms with Crippen molar-refractivity contribution >= 4 is 8.32 Å². The van der Waals surface area contributed by atoms with Crippen LogP contribution in [0.3, 0.4) is 0 Å². The van der Waals surface area contributed by atoms with Crippen molar-refractivity contribution in [3.05, 3.63) is 61.0 Å². The van der Waals surface area contributed by atoms with Crippen molar-refractivity contribution in [3.63, 3.8) is 0 Å². The Kier molecular flexibility index (Phi) is 5.50. The zero-order chi connectivity index (χ0) is 13.6. The van der Waals surface area contributed by atoms with Gasteiger partial charge < -0.3 is 4.43 Å². The first-order valence-electron chi connectivity index (χ1n) is 6.13. The number of hydrogen-bond acceptors (Lipinski definition) is 1. The lowest BCUT2D eigenvalue weighted by molar-refractivity contribution is 0.199. The molecule has 0 aliphatic rings. The van der Waals surface area contributed by atoms with E-state index in [9.17, 15) is 4.39 Å². The standard InChI is InChI=1S/C15H21FOSi/c1-5-8-15(17-18(3,4)11-6-2)13-9-7-10-14(16)12-13/h5-7,9-10,12,15H,1-2,8,11H2,3-4H3. The zero-order valence-electron chi connectivity index (χ0n) is 11.2. The first-order chi connectivity index (χ1) is 8.48. The fraction of sp³-hybridized carbons (Fsp3) is 0.333. The minimum Gasteiger partial charge on any atom is -0.410 e. The minimum absolute atomic E-state index is 0.111. The molecule has 18 heavy (non-hydrogen) atoms. The van der Waals surface area contributed by atoms with Crippen LogP contribution in [0.4, 0.5) is 4.39 Å². The Labute approximate surface area is 110 Å². The lowest BCUT2D eigenvalue weighted by atomic mass is 10.1. The zero-order valence-corrected chi connectivity index (χ0v) is 12.2. The topological polar surface area (TPSA) is 9.23 Å². The van der Waals surface area contributed by atoms with Gasteiger partial charge >= 0.3 is 0 Å². The Morgan fingerprint density at radius 3 is 2.61 bits per heavy atom. The maximum Gasteiger partial charge on any atom is 0.191 e. The van der Waals surface area contributed by atoms with E-state index in [1.54, 1.807) is 6.07 Å². The molecule has 0 bridgehead atoms. The third-order valence-electron chi connectivity index (χ3n) is 2.70. The van der Waals surface area contributed by atoms with Gasteiger partial charge in [0.2, 0.25) is 0 Å². The van der Waals surface area contributed by atoms with E-state index >= 15 is 0 Å². The van der Waals surface area contributed by atoms with Crippen LogP contribution in [-0.2, 0) is 4.43 Å². The molecule has 0 aliphatic heterocycles. The lowest BCUT2D eigenvalue weighted by Gasteiger charge is -2.28. The summed E-state index contributed by atoms with van der Waals surface area (Å²) in [4.78, 5) is 0. The normalized spacial score (nSPS) is 13.1. The molecule has 0 radical (unpaired) electrons. The van der Waals surface area contributed by atoms with Crippen LogP contribution in [0, 0.1) is 5.82 Å². The molecule has 0 aromatic heterocycles. The Balaban J connectivity index is 2.89. The van der Waals surface area contributed by atoms with Crippen LogP contribution in [0.15, 0.2) is 49.6 Å². The van der Waals surface area contributed by atoms with Crippen molar-refractivity contribution in [3.8, 4) is 0 Å². The van der Waals surface area contributed by atoms with Gasteiger partial charge in [-0.2, -0.15) is 0 Å². The molecule has 1 atom stereocenters. The number of rotatable bonds is 7. The van der Waals surface area contributed by atoms with Gasteiger partial charge in [0, 0.05) is 0 Å². The van der Waals surface area contributed by atoms with Gasteiger partial charge in [0.25, 0.3) is 0 Å². The highest BCUT2D eigenvalue weighted by atomic mass is 28.4. The molecule has 0 N–H and O–H groups in total. The van der Waals surface area contributed by atoms with Crippen LogP contribution in [-0.4, -0.2) is 8.32 Å². The van der Waals surface area contributed by atoms with E-state index in [0.717, 1.165) is 11.6 Å². The van der Waals surface area contributed by atoms with Crippen LogP contribution in [0.25, 0.3) is 0 Å². The molecule has 0 spiro atoms. The first kappa shape index (κ1) is 14.9. The van der Waals surface area contributed by atoms with Gasteiger partial charge in [-0.3, -0.25) is 0 Å². The molecule has 98 valence electrons. The SMILES string of the molecule is C=CCC(O[Si](C)(C)CC=C)c1cccc(F)c1. The molecule has 1 rings (SSSR count). The number of hydrogen-bond donors (Lipinski definition) is 0. The van der Waals surface area contributed by atoms with Crippen molar-refractivity contribution < 1.29 is 8.82 Å². The summed E-state index contributed by atoms with van der Waals surface area (Å²) in [5, 5.41) is 0. The molecular weight excluding hydrogens is 243 g/mol. The van der Waals surface area contributed by atoms with E-state index < -0.39 is 8.32 Å². The van der Waals surface area contributed by atoms with Crippen LogP contribution >= 0.6 is 0 Å². The average molecular weight is 264 g/mol. The second-order valence-electron chi connectivity index (χ2n) is 4.94. The third kappa shape index (κ3) is 4.59. The Morgan fingerprint density at radius 1 is 1.33 bits per heavy atom. The molecule has 0 fully saturated rings. The summed E-state index contributed by atoms with van der Waals surface area (Å²) < 4.78 is 19.5. The highest BCUT2D eigenvalue weighted by Gasteiger charge is 2.25. The van der Waals surface area contributed by atoms with Gasteiger partial charge in [-0.1, -0.05) is 24.3 Å². The highest BCUT2D eigenvalue weighted by Crippen LogP contribution is 2.28. The second kappa shape index (κ2) is 6.66. The Bertz CT molecular complexity index is 415. The third-order valence-corrected chi connectivity index (χ3v) is 4.89. The van der Waals surface area contributed by atoms with E-state index in [0.29, 0.717) is 6.42 Å². The van der Waals surface area contributed by atoms with Crippen molar-refractivity contribution in [1.82, 2.24) is 0 Å². The van der Waals surface area contributed by atoms with Gasteiger partial charge in [-0.25, -0.2) is 4.39 Å². The van der Waals surface area contributed by atoms with Crippen molar-refractivity contribution in [2.45, 2.75) is 31.7 Å². The summed E-state index contributed by atoms with van der Waals surface area (Å²) in [6.45, 7) is 11.8. The van der Waals surface area contributed by atoms with Gasteiger partial charge in [0.05, 0.1) is 6.10 Å². The van der Waals surface area contributed by atoms with Gasteiger partial charge in [-0.15, -0.1) is 13.2 Å². The van der Waals surface area contributed by atoms with Crippen LogP contribution in [0.5, 0.6) is 0 Å². The van der Waals surface area contributed by atoms with Gasteiger partial charge in [-0.05, 0) is 43.3 Å². The predicted molar refractivity (Wildman–Crippen MR) is 77.5 cm³/mol. The molecular formula is C15H21FOSi. The average Bonchev–Trinajstić information content (AvgIpc) is 2.28. The summed E-state index contributed by atoms with van der Waals surface area (Å²) in [7, 11) is -1.79. The Hall–Kier alpha value is -1.19. The number of allylic oxidation sites excluding steroid dienone is 1. The van der Waals surface area contributed by atoms with Crippen molar-refractivity contribution in [2.24, 2.45) is 0 Å². The predicted octanol–water partition coefficient (Wildman–Crippen LogP) is 4.85. The largest absolute Gasteiger partial charge is 0.410 e. The minimum atomic E-state index is -1.79. The maximum absolute atomic E-state index is 13.3. The first-order valence-corrected chi connectivity index (χ1v) is 9.25. The monoisotopic (exact) mass is 264 g/mol. The van der Waals surface area contributed by atoms with E-state index in [1.165, 1.54) is 12.1 Å². The summed E-state index contributed by atoms with van der Waals surface area (Å²) >= 11 is 0. The molecule has 0 amide bonds. The summed E-state index contributed by atoms with van der Waals surface area (Å²) in [5.74, 6) is -0.228. The van der Waals surface area contributed by atoms with Crippen LogP contribution in [0.1, 0.15) is 18.1 Å². The highest BCUT2D eigenvalue weighted by molar-refractivity contribution is 6.71. The quantitative estimate of drug-likeness (QED) is 0.505. The van der Waals surface area contributed by atoms with Crippen LogP contribution < -0.4 is 0 Å².